The van der Waals surface area contributed by atoms with E-state index in [0.717, 1.165) is 12.5 Å². The van der Waals surface area contributed by atoms with Crippen molar-refractivity contribution in [2.24, 2.45) is 0 Å². The largest absolute Gasteiger partial charge is 0.505 e. The Bertz CT molecular complexity index is 334. The molecule has 0 bridgehead atoms. The van der Waals surface area contributed by atoms with Crippen LogP contribution in [-0.4, -0.2) is 5.11 Å². The molecule has 0 aromatic heterocycles. The number of rotatable bonds is 0. The van der Waals surface area contributed by atoms with Gasteiger partial charge in [-0.05, 0) is 24.8 Å². The molecule has 0 atom stereocenters. The highest BCUT2D eigenvalue weighted by Crippen LogP contribution is 2.33. The smallest absolute Gasteiger partial charge is 0.168 e. The van der Waals surface area contributed by atoms with E-state index in [9.17, 15) is 13.9 Å². The molecule has 0 aliphatic heterocycles. The van der Waals surface area contributed by atoms with Crippen LogP contribution in [0.15, 0.2) is 6.07 Å². The molecule has 1 nitrogen and oxygen atoms in total. The highest BCUT2D eigenvalue weighted by molar-refractivity contribution is 5.43. The van der Waals surface area contributed by atoms with Gasteiger partial charge >= 0.3 is 0 Å². The van der Waals surface area contributed by atoms with Crippen LogP contribution in [0, 0.1) is 11.6 Å². The predicted molar refractivity (Wildman–Crippen MR) is 40.0 cm³/mol. The van der Waals surface area contributed by atoms with Gasteiger partial charge in [0.25, 0.3) is 0 Å². The first-order valence-corrected chi connectivity index (χ1v) is 3.89. The summed E-state index contributed by atoms with van der Waals surface area (Å²) in [6.07, 6.45) is 1.98. The molecule has 1 aliphatic carbocycles. The fraction of sp³-hybridized carbons (Fsp3) is 0.333. The van der Waals surface area contributed by atoms with Crippen molar-refractivity contribution in [2.45, 2.75) is 19.3 Å². The molecule has 0 saturated carbocycles. The molecule has 0 heterocycles. The molecule has 0 fully saturated rings. The van der Waals surface area contributed by atoms with Gasteiger partial charge in [0.1, 0.15) is 5.82 Å². The van der Waals surface area contributed by atoms with Crippen LogP contribution in [0.2, 0.25) is 0 Å². The number of benzene rings is 1. The van der Waals surface area contributed by atoms with Crippen LogP contribution in [0.25, 0.3) is 0 Å². The Kier molecular flexibility index (Phi) is 1.53. The Morgan fingerprint density at radius 3 is 2.50 bits per heavy atom. The highest BCUT2D eigenvalue weighted by Gasteiger charge is 2.21. The number of hydrogen-bond donors (Lipinski definition) is 1. The number of phenolic OH excluding ortho intramolecular Hbond substituents is 1. The van der Waals surface area contributed by atoms with Crippen molar-refractivity contribution >= 4 is 0 Å². The molecule has 2 rings (SSSR count). The summed E-state index contributed by atoms with van der Waals surface area (Å²) in [5.74, 6) is -1.75. The van der Waals surface area contributed by atoms with Gasteiger partial charge in [-0.2, -0.15) is 0 Å². The van der Waals surface area contributed by atoms with Crippen LogP contribution in [-0.2, 0) is 12.8 Å². The van der Waals surface area contributed by atoms with Crippen molar-refractivity contribution in [3.63, 3.8) is 0 Å². The lowest BCUT2D eigenvalue weighted by atomic mass is 10.1. The molecule has 3 heteroatoms. The van der Waals surface area contributed by atoms with E-state index in [-0.39, 0.29) is 5.75 Å². The Hall–Kier alpha value is -1.12. The molecule has 0 unspecified atom stereocenters. The molecule has 0 radical (unpaired) electrons. The second-order valence-corrected chi connectivity index (χ2v) is 3.00. The number of fused-ring (bicyclic) bond motifs is 1. The molecule has 1 N–H and O–H groups in total. The lowest BCUT2D eigenvalue weighted by Crippen LogP contribution is -1.92. The van der Waals surface area contributed by atoms with Gasteiger partial charge in [-0.3, -0.25) is 0 Å². The third-order valence-corrected chi connectivity index (χ3v) is 2.27. The second kappa shape index (κ2) is 2.44. The minimum Gasteiger partial charge on any atom is -0.505 e. The predicted octanol–water partition coefficient (Wildman–Crippen LogP) is 2.16. The Morgan fingerprint density at radius 2 is 1.75 bits per heavy atom. The third-order valence-electron chi connectivity index (χ3n) is 2.27. The number of aromatic hydroxyl groups is 1. The molecular weight excluding hydrogens is 162 g/mol. The minimum atomic E-state index is -0.854. The standard InChI is InChI=1S/C9H8F2O/c10-7-4-8(11)9(12)6-3-1-2-5(6)7/h4,12H,1-3H2. The SMILES string of the molecule is Oc1c(F)cc(F)c2c1CCC2. The van der Waals surface area contributed by atoms with E-state index >= 15 is 0 Å². The zero-order chi connectivity index (χ0) is 8.72. The summed E-state index contributed by atoms with van der Waals surface area (Å²) < 4.78 is 25.7. The van der Waals surface area contributed by atoms with Gasteiger partial charge in [0.2, 0.25) is 0 Å². The quantitative estimate of drug-likeness (QED) is 0.632. The first-order valence-electron chi connectivity index (χ1n) is 3.89. The van der Waals surface area contributed by atoms with Crippen molar-refractivity contribution in [2.75, 3.05) is 0 Å². The Morgan fingerprint density at radius 1 is 1.08 bits per heavy atom. The molecule has 0 amide bonds. The van der Waals surface area contributed by atoms with Gasteiger partial charge in [-0.15, -0.1) is 0 Å². The van der Waals surface area contributed by atoms with Crippen LogP contribution < -0.4 is 0 Å². The van der Waals surface area contributed by atoms with Crippen LogP contribution in [0.3, 0.4) is 0 Å². The van der Waals surface area contributed by atoms with Gasteiger partial charge in [0.05, 0.1) is 0 Å². The van der Waals surface area contributed by atoms with E-state index in [0.29, 0.717) is 24.0 Å². The normalized spacial score (nSPS) is 14.8. The summed E-state index contributed by atoms with van der Waals surface area (Å²) in [4.78, 5) is 0. The first-order chi connectivity index (χ1) is 5.70. The average Bonchev–Trinajstić information content (AvgIpc) is 2.48. The topological polar surface area (TPSA) is 20.2 Å². The van der Waals surface area contributed by atoms with Gasteiger partial charge in [-0.25, -0.2) is 8.78 Å². The van der Waals surface area contributed by atoms with E-state index in [1.54, 1.807) is 0 Å². The molecule has 0 saturated heterocycles. The van der Waals surface area contributed by atoms with Crippen LogP contribution >= 0.6 is 0 Å². The molecule has 64 valence electrons. The second-order valence-electron chi connectivity index (χ2n) is 3.00. The maximum absolute atomic E-state index is 13.0. The average molecular weight is 170 g/mol. The number of hydrogen-bond acceptors (Lipinski definition) is 1. The number of halogens is 2. The van der Waals surface area contributed by atoms with Crippen LogP contribution in [0.4, 0.5) is 8.78 Å². The van der Waals surface area contributed by atoms with E-state index in [4.69, 9.17) is 0 Å². The van der Waals surface area contributed by atoms with Crippen LogP contribution in [0.5, 0.6) is 5.75 Å². The lowest BCUT2D eigenvalue weighted by molar-refractivity contribution is 0.422. The molecule has 1 aromatic rings. The molecule has 1 aromatic carbocycles. The summed E-state index contributed by atoms with van der Waals surface area (Å²) in [5, 5.41) is 9.20. The summed E-state index contributed by atoms with van der Waals surface area (Å²) in [6.45, 7) is 0. The van der Waals surface area contributed by atoms with Crippen LogP contribution in [0.1, 0.15) is 17.5 Å². The zero-order valence-electron chi connectivity index (χ0n) is 6.40. The zero-order valence-corrected chi connectivity index (χ0v) is 6.40. The van der Waals surface area contributed by atoms with Crippen molar-refractivity contribution in [1.82, 2.24) is 0 Å². The molecule has 1 aliphatic rings. The summed E-state index contributed by atoms with van der Waals surface area (Å²) in [7, 11) is 0. The molecule has 12 heavy (non-hydrogen) atoms. The fourth-order valence-corrected chi connectivity index (χ4v) is 1.68. The fourth-order valence-electron chi connectivity index (χ4n) is 1.68. The first kappa shape index (κ1) is 7.53. The highest BCUT2D eigenvalue weighted by atomic mass is 19.1. The van der Waals surface area contributed by atoms with E-state index in [2.05, 4.69) is 0 Å². The summed E-state index contributed by atoms with van der Waals surface area (Å²) in [6, 6.07) is 0.749. The van der Waals surface area contributed by atoms with Gasteiger partial charge < -0.3 is 5.11 Å². The van der Waals surface area contributed by atoms with E-state index in [1.165, 1.54) is 0 Å². The van der Waals surface area contributed by atoms with Crippen molar-refractivity contribution in [1.29, 1.82) is 0 Å². The monoisotopic (exact) mass is 170 g/mol. The van der Waals surface area contributed by atoms with Crippen molar-refractivity contribution in [3.8, 4) is 5.75 Å². The van der Waals surface area contributed by atoms with Crippen molar-refractivity contribution in [3.05, 3.63) is 28.8 Å². The molecular formula is C9H8F2O. The van der Waals surface area contributed by atoms with Crippen molar-refractivity contribution < 1.29 is 13.9 Å². The van der Waals surface area contributed by atoms with Gasteiger partial charge in [-0.1, -0.05) is 0 Å². The Labute approximate surface area is 68.6 Å². The van der Waals surface area contributed by atoms with Gasteiger partial charge in [0, 0.05) is 11.6 Å². The van der Waals surface area contributed by atoms with E-state index in [1.807, 2.05) is 0 Å². The lowest BCUT2D eigenvalue weighted by Gasteiger charge is -2.04. The van der Waals surface area contributed by atoms with Gasteiger partial charge in [0.15, 0.2) is 11.6 Å². The van der Waals surface area contributed by atoms with E-state index < -0.39 is 11.6 Å². The maximum atomic E-state index is 13.0. The number of phenols is 1. The molecule has 0 spiro atoms. The summed E-state index contributed by atoms with van der Waals surface area (Å²) >= 11 is 0. The summed E-state index contributed by atoms with van der Waals surface area (Å²) in [5.41, 5.74) is 0.932. The minimum absolute atomic E-state index is 0.371. The maximum Gasteiger partial charge on any atom is 0.168 e. The third kappa shape index (κ3) is 0.891. The Balaban J connectivity index is 2.69.